The Hall–Kier alpha value is -2.18. The van der Waals surface area contributed by atoms with Crippen molar-refractivity contribution in [2.75, 3.05) is 4.72 Å². The molecular formula is C16H16NO4S-. The van der Waals surface area contributed by atoms with Gasteiger partial charge in [0.1, 0.15) is 12.4 Å². The molecule has 2 rings (SSSR count). The van der Waals surface area contributed by atoms with Crippen LogP contribution in [0.25, 0.3) is 0 Å². The van der Waals surface area contributed by atoms with Crippen molar-refractivity contribution in [2.45, 2.75) is 20.5 Å². The number of carbonyl (C=O) groups is 1. The third kappa shape index (κ3) is 4.16. The molecule has 0 fully saturated rings. The maximum absolute atomic E-state index is 11.5. The average molecular weight is 318 g/mol. The van der Waals surface area contributed by atoms with Gasteiger partial charge in [0.25, 0.3) is 0 Å². The molecule has 0 spiro atoms. The predicted molar refractivity (Wildman–Crippen MR) is 84.5 cm³/mol. The van der Waals surface area contributed by atoms with Crippen LogP contribution in [-0.2, 0) is 17.9 Å². The van der Waals surface area contributed by atoms with Gasteiger partial charge in [0.2, 0.25) is 0 Å². The van der Waals surface area contributed by atoms with Gasteiger partial charge in [0.15, 0.2) is 5.78 Å². The van der Waals surface area contributed by atoms with E-state index < -0.39 is 11.3 Å². The van der Waals surface area contributed by atoms with Gasteiger partial charge in [-0.05, 0) is 43.7 Å². The molecule has 1 N–H and O–H groups in total. The van der Waals surface area contributed by atoms with Gasteiger partial charge >= 0.3 is 0 Å². The van der Waals surface area contributed by atoms with Crippen LogP contribution in [0.1, 0.15) is 28.4 Å². The molecule has 0 aliphatic heterocycles. The van der Waals surface area contributed by atoms with Gasteiger partial charge in [-0.3, -0.25) is 9.00 Å². The quantitative estimate of drug-likeness (QED) is 0.656. The zero-order chi connectivity index (χ0) is 16.1. The SMILES string of the molecule is CC(=O)c1ccc(NS(=O)[O-])c(COc2ccccc2C)c1. The molecule has 2 aromatic rings. The van der Waals surface area contributed by atoms with Crippen LogP contribution in [0.4, 0.5) is 5.69 Å². The minimum atomic E-state index is -2.44. The number of hydrogen-bond donors (Lipinski definition) is 1. The number of Topliss-reactive ketones (excluding diaryl/α,β-unsaturated/α-hetero) is 1. The number of ether oxygens (including phenoxy) is 1. The standard InChI is InChI=1S/C16H17NO4S/c1-11-5-3-4-6-16(11)21-10-14-9-13(12(2)18)7-8-15(14)17-22(19)20/h3-9,17H,10H2,1-2H3,(H,19,20)/p-1. The Bertz CT molecular complexity index is 715. The summed E-state index contributed by atoms with van der Waals surface area (Å²) < 4.78 is 29.7. The van der Waals surface area contributed by atoms with Crippen molar-refractivity contribution in [1.29, 1.82) is 0 Å². The lowest BCUT2D eigenvalue weighted by molar-refractivity contribution is 0.101. The molecule has 0 bridgehead atoms. The monoisotopic (exact) mass is 318 g/mol. The van der Waals surface area contributed by atoms with E-state index in [1.807, 2.05) is 31.2 Å². The summed E-state index contributed by atoms with van der Waals surface area (Å²) in [6, 6.07) is 12.3. The molecule has 0 aliphatic rings. The van der Waals surface area contributed by atoms with E-state index >= 15 is 0 Å². The Kier molecular flexibility index (Phi) is 5.30. The van der Waals surface area contributed by atoms with Crippen LogP contribution in [0.15, 0.2) is 42.5 Å². The second-order valence-corrected chi connectivity index (χ2v) is 5.49. The minimum Gasteiger partial charge on any atom is -0.755 e. The lowest BCUT2D eigenvalue weighted by Crippen LogP contribution is -2.08. The first-order valence-corrected chi connectivity index (χ1v) is 7.73. The van der Waals surface area contributed by atoms with E-state index in [9.17, 15) is 13.6 Å². The number of anilines is 1. The molecule has 0 saturated heterocycles. The first-order chi connectivity index (χ1) is 10.5. The number of rotatable bonds is 6. The largest absolute Gasteiger partial charge is 0.755 e. The Labute approximate surface area is 131 Å². The molecule has 2 aromatic carbocycles. The highest BCUT2D eigenvalue weighted by Gasteiger charge is 2.08. The lowest BCUT2D eigenvalue weighted by Gasteiger charge is -2.16. The fourth-order valence-electron chi connectivity index (χ4n) is 2.00. The topological polar surface area (TPSA) is 78.5 Å². The number of para-hydroxylation sites is 1. The Balaban J connectivity index is 2.26. The molecule has 0 aliphatic carbocycles. The molecule has 22 heavy (non-hydrogen) atoms. The molecule has 5 nitrogen and oxygen atoms in total. The van der Waals surface area contributed by atoms with E-state index in [1.54, 1.807) is 18.2 Å². The third-order valence-corrected chi connectivity index (χ3v) is 3.57. The van der Waals surface area contributed by atoms with E-state index in [0.29, 0.717) is 22.6 Å². The van der Waals surface area contributed by atoms with Crippen molar-refractivity contribution in [3.05, 3.63) is 59.2 Å². The molecule has 1 atom stereocenters. The van der Waals surface area contributed by atoms with Crippen LogP contribution >= 0.6 is 0 Å². The van der Waals surface area contributed by atoms with Crippen molar-refractivity contribution in [1.82, 2.24) is 0 Å². The van der Waals surface area contributed by atoms with Crippen molar-refractivity contribution < 1.29 is 18.3 Å². The van der Waals surface area contributed by atoms with Crippen molar-refractivity contribution in [2.24, 2.45) is 0 Å². The van der Waals surface area contributed by atoms with Gasteiger partial charge in [0, 0.05) is 22.4 Å². The van der Waals surface area contributed by atoms with Crippen molar-refractivity contribution in [3.63, 3.8) is 0 Å². The van der Waals surface area contributed by atoms with E-state index in [1.165, 1.54) is 6.92 Å². The second kappa shape index (κ2) is 7.20. The highest BCUT2D eigenvalue weighted by Crippen LogP contribution is 2.23. The number of hydrogen-bond acceptors (Lipinski definition) is 4. The predicted octanol–water partition coefficient (Wildman–Crippen LogP) is 2.98. The van der Waals surface area contributed by atoms with E-state index in [2.05, 4.69) is 4.72 Å². The smallest absolute Gasteiger partial charge is 0.159 e. The molecule has 0 heterocycles. The number of ketones is 1. The molecule has 0 aromatic heterocycles. The highest BCUT2D eigenvalue weighted by atomic mass is 32.2. The zero-order valence-corrected chi connectivity index (χ0v) is 13.1. The van der Waals surface area contributed by atoms with Crippen LogP contribution in [0.3, 0.4) is 0 Å². The van der Waals surface area contributed by atoms with Crippen LogP contribution < -0.4 is 9.46 Å². The van der Waals surface area contributed by atoms with Gasteiger partial charge in [-0.15, -0.1) is 0 Å². The minimum absolute atomic E-state index is 0.0908. The first kappa shape index (κ1) is 16.2. The Morgan fingerprint density at radius 2 is 2.00 bits per heavy atom. The Morgan fingerprint density at radius 1 is 1.27 bits per heavy atom. The number of nitrogens with one attached hydrogen (secondary N) is 1. The lowest BCUT2D eigenvalue weighted by atomic mass is 10.1. The molecule has 1 unspecified atom stereocenters. The van der Waals surface area contributed by atoms with Crippen LogP contribution in [0.2, 0.25) is 0 Å². The second-order valence-electron chi connectivity index (χ2n) is 4.82. The summed E-state index contributed by atoms with van der Waals surface area (Å²) >= 11 is -2.44. The first-order valence-electron chi connectivity index (χ1n) is 6.65. The Morgan fingerprint density at radius 3 is 2.64 bits per heavy atom. The summed E-state index contributed by atoms with van der Waals surface area (Å²) in [6.07, 6.45) is 0. The number of aryl methyl sites for hydroxylation is 1. The van der Waals surface area contributed by atoms with Crippen LogP contribution in [-0.4, -0.2) is 14.5 Å². The van der Waals surface area contributed by atoms with E-state index in [4.69, 9.17) is 4.74 Å². The van der Waals surface area contributed by atoms with Gasteiger partial charge in [0.05, 0.1) is 5.69 Å². The van der Waals surface area contributed by atoms with Crippen molar-refractivity contribution >= 4 is 22.7 Å². The fraction of sp³-hybridized carbons (Fsp3) is 0.188. The summed E-state index contributed by atoms with van der Waals surface area (Å²) in [5.74, 6) is 0.622. The molecule has 0 amide bonds. The number of carbonyl (C=O) groups excluding carboxylic acids is 1. The molecule has 6 heteroatoms. The number of benzene rings is 2. The molecule has 0 saturated carbocycles. The normalized spacial score (nSPS) is 11.8. The zero-order valence-electron chi connectivity index (χ0n) is 12.3. The molecular weight excluding hydrogens is 302 g/mol. The maximum Gasteiger partial charge on any atom is 0.159 e. The maximum atomic E-state index is 11.5. The fourth-order valence-corrected chi connectivity index (χ4v) is 2.37. The molecule has 0 radical (unpaired) electrons. The van der Waals surface area contributed by atoms with Crippen LogP contribution in [0, 0.1) is 6.92 Å². The summed E-state index contributed by atoms with van der Waals surface area (Å²) in [7, 11) is 0. The summed E-state index contributed by atoms with van der Waals surface area (Å²) in [5.41, 5.74) is 2.48. The summed E-state index contributed by atoms with van der Waals surface area (Å²) in [4.78, 5) is 11.5. The van der Waals surface area contributed by atoms with E-state index in [0.717, 1.165) is 5.56 Å². The molecule has 116 valence electrons. The van der Waals surface area contributed by atoms with Gasteiger partial charge < -0.3 is 14.0 Å². The third-order valence-electron chi connectivity index (χ3n) is 3.18. The summed E-state index contributed by atoms with van der Waals surface area (Å²) in [5, 5.41) is 0. The summed E-state index contributed by atoms with van der Waals surface area (Å²) in [6.45, 7) is 3.54. The van der Waals surface area contributed by atoms with Crippen molar-refractivity contribution in [3.8, 4) is 5.75 Å². The average Bonchev–Trinajstić information content (AvgIpc) is 2.47. The van der Waals surface area contributed by atoms with Gasteiger partial charge in [-0.25, -0.2) is 0 Å². The van der Waals surface area contributed by atoms with E-state index in [-0.39, 0.29) is 12.4 Å². The highest BCUT2D eigenvalue weighted by molar-refractivity contribution is 7.80. The van der Waals surface area contributed by atoms with Gasteiger partial charge in [-0.1, -0.05) is 18.2 Å². The van der Waals surface area contributed by atoms with Crippen LogP contribution in [0.5, 0.6) is 5.75 Å². The van der Waals surface area contributed by atoms with Gasteiger partial charge in [-0.2, -0.15) is 0 Å².